The first-order chi connectivity index (χ1) is 35.6. The van der Waals surface area contributed by atoms with E-state index in [0.29, 0.717) is 32.1 Å². The van der Waals surface area contributed by atoms with Crippen LogP contribution in [0.4, 0.5) is 0 Å². The first kappa shape index (κ1) is 66.1. The number of carboxylic acid groups (broad SMARTS) is 1. The lowest BCUT2D eigenvalue weighted by atomic mass is 9.98. The molecule has 6 unspecified atom stereocenters. The molecule has 73 heavy (non-hydrogen) atoms. The minimum atomic E-state index is -1.94. The molecule has 1 rings (SSSR count). The minimum Gasteiger partial charge on any atom is -0.479 e. The van der Waals surface area contributed by atoms with Crippen molar-refractivity contribution in [3.63, 3.8) is 0 Å². The Morgan fingerprint density at radius 2 is 0.904 bits per heavy atom. The number of aliphatic hydroxyl groups excluding tert-OH is 2. The van der Waals surface area contributed by atoms with Crippen LogP contribution in [-0.2, 0) is 42.9 Å². The zero-order valence-corrected chi connectivity index (χ0v) is 44.8. The van der Waals surface area contributed by atoms with Crippen LogP contribution < -0.4 is 0 Å². The number of unbranched alkanes of at least 4 members (excludes halogenated alkanes) is 10. The van der Waals surface area contributed by atoms with Crippen molar-refractivity contribution in [2.45, 2.75) is 225 Å². The van der Waals surface area contributed by atoms with Gasteiger partial charge in [0.25, 0.3) is 0 Å². The second-order valence-electron chi connectivity index (χ2n) is 18.1. The van der Waals surface area contributed by atoms with Gasteiger partial charge in [0.05, 0.1) is 6.61 Å². The summed E-state index contributed by atoms with van der Waals surface area (Å²) in [5.74, 6) is -3.34. The number of esters is 3. The van der Waals surface area contributed by atoms with E-state index in [1.165, 1.54) is 25.7 Å². The maximum atomic E-state index is 13.1. The summed E-state index contributed by atoms with van der Waals surface area (Å²) in [7, 11) is 0. The van der Waals surface area contributed by atoms with Gasteiger partial charge in [-0.25, -0.2) is 4.79 Å². The molecule has 3 N–H and O–H groups in total. The van der Waals surface area contributed by atoms with E-state index >= 15 is 0 Å². The smallest absolute Gasteiger partial charge is 0.335 e. The maximum Gasteiger partial charge on any atom is 0.335 e. The van der Waals surface area contributed by atoms with Crippen LogP contribution in [0, 0.1) is 0 Å². The van der Waals surface area contributed by atoms with Gasteiger partial charge in [-0.3, -0.25) is 14.4 Å². The number of carbonyl (C=O) groups excluding carboxylic acids is 3. The summed E-state index contributed by atoms with van der Waals surface area (Å²) in [4.78, 5) is 50.9. The number of hydrogen-bond donors (Lipinski definition) is 3. The van der Waals surface area contributed by atoms with Crippen LogP contribution >= 0.6 is 0 Å². The third kappa shape index (κ3) is 38.4. The van der Waals surface area contributed by atoms with Gasteiger partial charge in [0, 0.05) is 19.3 Å². The Morgan fingerprint density at radius 1 is 0.466 bits per heavy atom. The molecule has 12 nitrogen and oxygen atoms in total. The fraction of sp³-hybridized carbons (Fsp3) is 0.607. The van der Waals surface area contributed by atoms with E-state index in [1.807, 2.05) is 30.4 Å². The summed E-state index contributed by atoms with van der Waals surface area (Å²) in [5.41, 5.74) is 0. The molecule has 0 radical (unpaired) electrons. The summed E-state index contributed by atoms with van der Waals surface area (Å²) >= 11 is 0. The van der Waals surface area contributed by atoms with E-state index in [0.717, 1.165) is 89.9 Å². The largest absolute Gasteiger partial charge is 0.479 e. The zero-order chi connectivity index (χ0) is 53.3. The molecule has 6 atom stereocenters. The Hall–Kier alpha value is -4.88. The molecular formula is C61H94O12. The molecule has 0 aromatic rings. The molecule has 0 saturated carbocycles. The average Bonchev–Trinajstić information content (AvgIpc) is 3.37. The van der Waals surface area contributed by atoms with Gasteiger partial charge in [-0.05, 0) is 109 Å². The van der Waals surface area contributed by atoms with Crippen LogP contribution in [0.1, 0.15) is 188 Å². The number of rotatable bonds is 44. The molecule has 0 aromatic heterocycles. The van der Waals surface area contributed by atoms with Gasteiger partial charge >= 0.3 is 23.9 Å². The molecule has 1 heterocycles. The molecule has 0 amide bonds. The summed E-state index contributed by atoms with van der Waals surface area (Å²) in [5, 5.41) is 31.4. The van der Waals surface area contributed by atoms with Crippen LogP contribution in [-0.4, -0.2) is 89.2 Å². The lowest BCUT2D eigenvalue weighted by molar-refractivity contribution is -0.301. The molecule has 0 aliphatic carbocycles. The van der Waals surface area contributed by atoms with Crippen molar-refractivity contribution in [3.8, 4) is 0 Å². The predicted molar refractivity (Wildman–Crippen MR) is 293 cm³/mol. The maximum absolute atomic E-state index is 13.1. The third-order valence-corrected chi connectivity index (χ3v) is 11.5. The Bertz CT molecular complexity index is 1730. The lowest BCUT2D eigenvalue weighted by Crippen LogP contribution is -2.61. The zero-order valence-electron chi connectivity index (χ0n) is 44.8. The van der Waals surface area contributed by atoms with Gasteiger partial charge in [0.15, 0.2) is 24.6 Å². The quantitative estimate of drug-likeness (QED) is 0.0228. The van der Waals surface area contributed by atoms with E-state index in [9.17, 15) is 34.5 Å². The highest BCUT2D eigenvalue weighted by molar-refractivity contribution is 5.74. The van der Waals surface area contributed by atoms with Crippen LogP contribution in [0.2, 0.25) is 0 Å². The van der Waals surface area contributed by atoms with Crippen molar-refractivity contribution < 1.29 is 58.2 Å². The SMILES string of the molecule is CC/C=C\C/C=C\C/C=C\C/C=C\C/C=C\CCCC(=O)OCC(COC1OC(C(=O)O)C(O)C(O)C1OC(=O)CC/C=C\C/C=C\C/C=C\C/C=C\CC)OC(=O)CCCCCCC/C=C\CCCCCC. The second kappa shape index (κ2) is 48.1. The molecule has 1 aliphatic rings. The van der Waals surface area contributed by atoms with Gasteiger partial charge < -0.3 is 39.0 Å². The van der Waals surface area contributed by atoms with Gasteiger partial charge in [-0.15, -0.1) is 0 Å². The standard InChI is InChI=1S/C61H94O12/c1-4-7-10-13-16-19-22-25-26-27-28-31-32-35-38-41-44-47-53(62)69-50-52(71-54(63)48-45-42-39-36-33-29-23-20-17-14-11-8-5-2)51-70-61-59(57(66)56(65)58(73-61)60(67)68)72-55(64)49-46-43-40-37-34-30-24-21-18-15-12-9-6-3/h7,9-10,12,16,18-21,23,25-26,28,30-31,34-35,38,40,43,52,56-59,61,65-66H,4-6,8,11,13-15,17,22,24,27,29,32-33,36-37,39,41-42,44-51H2,1-3H3,(H,67,68)/b10-7-,12-9-,19-16-,21-18-,23-20-,26-25-,31-28-,34-30-,38-35-,43-40-. The Balaban J connectivity index is 2.80. The van der Waals surface area contributed by atoms with E-state index < -0.39 is 67.3 Å². The second-order valence-corrected chi connectivity index (χ2v) is 18.1. The highest BCUT2D eigenvalue weighted by Crippen LogP contribution is 2.26. The number of carboxylic acids is 1. The van der Waals surface area contributed by atoms with Crippen molar-refractivity contribution in [1.29, 1.82) is 0 Å². The number of hydrogen-bond acceptors (Lipinski definition) is 11. The number of carbonyl (C=O) groups is 4. The fourth-order valence-electron chi connectivity index (χ4n) is 7.35. The molecule has 0 aromatic carbocycles. The Morgan fingerprint density at radius 3 is 1.42 bits per heavy atom. The van der Waals surface area contributed by atoms with Crippen molar-refractivity contribution in [2.75, 3.05) is 13.2 Å². The predicted octanol–water partition coefficient (Wildman–Crippen LogP) is 13.7. The molecule has 410 valence electrons. The van der Waals surface area contributed by atoms with Crippen LogP contribution in [0.15, 0.2) is 122 Å². The lowest BCUT2D eigenvalue weighted by Gasteiger charge is -2.40. The third-order valence-electron chi connectivity index (χ3n) is 11.5. The van der Waals surface area contributed by atoms with E-state index in [1.54, 1.807) is 0 Å². The van der Waals surface area contributed by atoms with Crippen molar-refractivity contribution >= 4 is 23.9 Å². The Kier molecular flexibility index (Phi) is 43.6. The molecule has 0 bridgehead atoms. The van der Waals surface area contributed by atoms with E-state index in [4.69, 9.17) is 23.7 Å². The summed E-state index contributed by atoms with van der Waals surface area (Å²) in [6.45, 7) is 5.62. The molecule has 12 heteroatoms. The van der Waals surface area contributed by atoms with Gasteiger partial charge in [0.2, 0.25) is 0 Å². The monoisotopic (exact) mass is 1020 g/mol. The first-order valence-corrected chi connectivity index (χ1v) is 27.5. The highest BCUT2D eigenvalue weighted by Gasteiger charge is 2.50. The number of ether oxygens (including phenoxy) is 5. The highest BCUT2D eigenvalue weighted by atomic mass is 16.7. The van der Waals surface area contributed by atoms with Crippen molar-refractivity contribution in [2.24, 2.45) is 0 Å². The molecule has 1 saturated heterocycles. The normalized spacial score (nSPS) is 19.3. The van der Waals surface area contributed by atoms with Gasteiger partial charge in [0.1, 0.15) is 18.8 Å². The fourth-order valence-corrected chi connectivity index (χ4v) is 7.35. The topological polar surface area (TPSA) is 175 Å². The number of aliphatic hydroxyl groups is 2. The van der Waals surface area contributed by atoms with Gasteiger partial charge in [-0.2, -0.15) is 0 Å². The number of allylic oxidation sites excluding steroid dienone is 20. The van der Waals surface area contributed by atoms with E-state index in [2.05, 4.69) is 112 Å². The summed E-state index contributed by atoms with van der Waals surface area (Å²) in [6.07, 6.45) is 53.5. The molecule has 1 fully saturated rings. The molecule has 0 spiro atoms. The van der Waals surface area contributed by atoms with Crippen LogP contribution in [0.3, 0.4) is 0 Å². The average molecular weight is 1020 g/mol. The van der Waals surface area contributed by atoms with Crippen LogP contribution in [0.25, 0.3) is 0 Å². The summed E-state index contributed by atoms with van der Waals surface area (Å²) < 4.78 is 28.2. The molecule has 1 aliphatic heterocycles. The summed E-state index contributed by atoms with van der Waals surface area (Å²) in [6, 6.07) is 0. The number of aliphatic carboxylic acids is 1. The molecular weight excluding hydrogens is 925 g/mol. The van der Waals surface area contributed by atoms with Crippen molar-refractivity contribution in [1.82, 2.24) is 0 Å². The van der Waals surface area contributed by atoms with E-state index in [-0.39, 0.29) is 25.9 Å². The Labute approximate surface area is 439 Å². The van der Waals surface area contributed by atoms with Crippen LogP contribution in [0.5, 0.6) is 0 Å². The van der Waals surface area contributed by atoms with Crippen molar-refractivity contribution in [3.05, 3.63) is 122 Å². The minimum absolute atomic E-state index is 0.0733. The van der Waals surface area contributed by atoms with Gasteiger partial charge in [-0.1, -0.05) is 181 Å². The first-order valence-electron chi connectivity index (χ1n) is 27.5.